The van der Waals surface area contributed by atoms with E-state index in [1.807, 2.05) is 0 Å². The van der Waals surface area contributed by atoms with Crippen LogP contribution in [0.15, 0.2) is 4.79 Å². The number of ether oxygens (including phenoxy) is 2. The van der Waals surface area contributed by atoms with Crippen LogP contribution >= 0.6 is 11.3 Å². The zero-order chi connectivity index (χ0) is 8.27. The second-order valence-electron chi connectivity index (χ2n) is 1.76. The molecule has 0 saturated heterocycles. The molecule has 1 aromatic heterocycles. The summed E-state index contributed by atoms with van der Waals surface area (Å²) in [6.07, 6.45) is 0. The second kappa shape index (κ2) is 3.49. The minimum atomic E-state index is -0.177. The van der Waals surface area contributed by atoms with Gasteiger partial charge in [0.15, 0.2) is 0 Å². The van der Waals surface area contributed by atoms with Crippen LogP contribution in [0.3, 0.4) is 0 Å². The summed E-state index contributed by atoms with van der Waals surface area (Å²) in [7, 11) is 2.97. The van der Waals surface area contributed by atoms with Crippen LogP contribution in [0.25, 0.3) is 0 Å². The molecule has 1 heterocycles. The number of nitrogens with zero attached hydrogens (tertiary/aromatic N) is 2. The van der Waals surface area contributed by atoms with Crippen LogP contribution in [-0.2, 0) is 11.5 Å². The maximum Gasteiger partial charge on any atom is 0.330 e. The van der Waals surface area contributed by atoms with Crippen LogP contribution < -0.4 is 9.61 Å². The van der Waals surface area contributed by atoms with E-state index in [0.29, 0.717) is 5.19 Å². The highest BCUT2D eigenvalue weighted by Gasteiger charge is 2.03. The zero-order valence-corrected chi connectivity index (χ0v) is 7.05. The molecule has 0 saturated carbocycles. The molecule has 0 amide bonds. The van der Waals surface area contributed by atoms with Crippen molar-refractivity contribution in [3.05, 3.63) is 9.67 Å². The van der Waals surface area contributed by atoms with Crippen LogP contribution in [0.5, 0.6) is 5.19 Å². The van der Waals surface area contributed by atoms with Gasteiger partial charge in [-0.1, -0.05) is 0 Å². The fourth-order valence-corrected chi connectivity index (χ4v) is 1.14. The molecule has 0 aliphatic rings. The quantitative estimate of drug-likeness (QED) is 0.646. The van der Waals surface area contributed by atoms with Gasteiger partial charge in [0, 0.05) is 7.11 Å². The van der Waals surface area contributed by atoms with Gasteiger partial charge >= 0.3 is 4.87 Å². The lowest BCUT2D eigenvalue weighted by Crippen LogP contribution is -2.15. The van der Waals surface area contributed by atoms with Crippen molar-refractivity contribution < 1.29 is 9.47 Å². The molecule has 0 spiro atoms. The van der Waals surface area contributed by atoms with Crippen molar-refractivity contribution in [1.29, 1.82) is 0 Å². The molecular formula is C5H8N2O3S. The summed E-state index contributed by atoms with van der Waals surface area (Å²) in [4.78, 5) is 10.8. The van der Waals surface area contributed by atoms with Gasteiger partial charge < -0.3 is 9.47 Å². The highest BCUT2D eigenvalue weighted by Crippen LogP contribution is 2.07. The minimum Gasteiger partial charge on any atom is -0.472 e. The molecule has 5 nitrogen and oxygen atoms in total. The Morgan fingerprint density at radius 2 is 2.36 bits per heavy atom. The Balaban J connectivity index is 2.88. The average Bonchev–Trinajstić information content (AvgIpc) is 2.33. The molecule has 0 atom stereocenters. The number of hydrogen-bond acceptors (Lipinski definition) is 5. The molecule has 0 aromatic carbocycles. The summed E-state index contributed by atoms with van der Waals surface area (Å²) in [5.41, 5.74) is 0. The summed E-state index contributed by atoms with van der Waals surface area (Å²) >= 11 is 0.948. The largest absolute Gasteiger partial charge is 0.472 e. The van der Waals surface area contributed by atoms with Gasteiger partial charge in [-0.15, -0.1) is 5.10 Å². The molecule has 0 aliphatic carbocycles. The predicted molar refractivity (Wildman–Crippen MR) is 39.9 cm³/mol. The van der Waals surface area contributed by atoms with Crippen molar-refractivity contribution in [2.45, 2.75) is 6.73 Å². The average molecular weight is 176 g/mol. The van der Waals surface area contributed by atoms with Gasteiger partial charge in [0.1, 0.15) is 6.73 Å². The fraction of sp³-hybridized carbons (Fsp3) is 0.600. The van der Waals surface area contributed by atoms with Gasteiger partial charge in [-0.2, -0.15) is 4.68 Å². The van der Waals surface area contributed by atoms with Crippen LogP contribution in [-0.4, -0.2) is 24.0 Å². The Labute approximate surface area is 67.2 Å². The third-order valence-electron chi connectivity index (χ3n) is 1.01. The van der Waals surface area contributed by atoms with Crippen molar-refractivity contribution in [2.24, 2.45) is 0 Å². The third-order valence-corrected chi connectivity index (χ3v) is 1.82. The van der Waals surface area contributed by atoms with E-state index in [2.05, 4.69) is 5.10 Å². The van der Waals surface area contributed by atoms with Crippen molar-refractivity contribution >= 4 is 11.3 Å². The van der Waals surface area contributed by atoms with Gasteiger partial charge in [0.2, 0.25) is 0 Å². The van der Waals surface area contributed by atoms with Crippen molar-refractivity contribution in [1.82, 2.24) is 9.78 Å². The van der Waals surface area contributed by atoms with E-state index in [4.69, 9.17) is 9.47 Å². The topological polar surface area (TPSA) is 53.4 Å². The Kier molecular flexibility index (Phi) is 2.61. The lowest BCUT2D eigenvalue weighted by Gasteiger charge is -1.93. The maximum atomic E-state index is 10.9. The maximum absolute atomic E-state index is 10.9. The highest BCUT2D eigenvalue weighted by molar-refractivity contribution is 7.10. The molecule has 6 heteroatoms. The number of rotatable bonds is 3. The third kappa shape index (κ3) is 1.78. The van der Waals surface area contributed by atoms with E-state index in [0.717, 1.165) is 11.3 Å². The molecule has 1 rings (SSSR count). The smallest absolute Gasteiger partial charge is 0.330 e. The standard InChI is InChI=1S/C5H8N2O3S/c1-9-3-7-5(8)11-4(6-7)10-2/h3H2,1-2H3. The molecule has 62 valence electrons. The molecule has 1 aromatic rings. The molecule has 0 aliphatic heterocycles. The highest BCUT2D eigenvalue weighted by atomic mass is 32.1. The van der Waals surface area contributed by atoms with E-state index in [9.17, 15) is 4.79 Å². The monoisotopic (exact) mass is 176 g/mol. The number of methoxy groups -OCH3 is 2. The van der Waals surface area contributed by atoms with Gasteiger partial charge in [0.25, 0.3) is 5.19 Å². The van der Waals surface area contributed by atoms with Gasteiger partial charge in [-0.25, -0.2) is 0 Å². The summed E-state index contributed by atoms with van der Waals surface area (Å²) < 4.78 is 10.7. The van der Waals surface area contributed by atoms with E-state index in [-0.39, 0.29) is 11.6 Å². The Bertz CT molecular complexity index is 280. The van der Waals surface area contributed by atoms with Gasteiger partial charge in [0.05, 0.1) is 7.11 Å². The first-order valence-electron chi connectivity index (χ1n) is 2.89. The number of hydrogen-bond donors (Lipinski definition) is 0. The molecule has 0 radical (unpaired) electrons. The lowest BCUT2D eigenvalue weighted by atomic mass is 11.1. The molecule has 0 bridgehead atoms. The molecule has 0 unspecified atom stereocenters. The SMILES string of the molecule is COCn1nc(OC)sc1=O. The summed E-state index contributed by atoms with van der Waals surface area (Å²) in [6.45, 7) is 0.165. The van der Waals surface area contributed by atoms with E-state index in [1.54, 1.807) is 0 Å². The Morgan fingerprint density at radius 3 is 2.82 bits per heavy atom. The van der Waals surface area contributed by atoms with Crippen LogP contribution in [0.2, 0.25) is 0 Å². The van der Waals surface area contributed by atoms with Crippen LogP contribution in [0, 0.1) is 0 Å². The molecular weight excluding hydrogens is 168 g/mol. The lowest BCUT2D eigenvalue weighted by molar-refractivity contribution is 0.117. The van der Waals surface area contributed by atoms with Gasteiger partial charge in [-0.3, -0.25) is 4.79 Å². The van der Waals surface area contributed by atoms with Crippen molar-refractivity contribution in [3.8, 4) is 5.19 Å². The van der Waals surface area contributed by atoms with E-state index in [1.165, 1.54) is 18.9 Å². The Hall–Kier alpha value is -0.880. The first kappa shape index (κ1) is 8.22. The second-order valence-corrected chi connectivity index (χ2v) is 2.66. The fourth-order valence-electron chi connectivity index (χ4n) is 0.574. The Morgan fingerprint density at radius 1 is 1.64 bits per heavy atom. The normalized spacial score (nSPS) is 10.0. The first-order chi connectivity index (χ1) is 5.27. The minimum absolute atomic E-state index is 0.165. The van der Waals surface area contributed by atoms with Gasteiger partial charge in [-0.05, 0) is 11.3 Å². The van der Waals surface area contributed by atoms with E-state index >= 15 is 0 Å². The summed E-state index contributed by atoms with van der Waals surface area (Å²) in [6, 6.07) is 0. The summed E-state index contributed by atoms with van der Waals surface area (Å²) in [5, 5.41) is 4.15. The molecule has 0 fully saturated rings. The molecule has 11 heavy (non-hydrogen) atoms. The molecule has 0 N–H and O–H groups in total. The van der Waals surface area contributed by atoms with Crippen LogP contribution in [0.4, 0.5) is 0 Å². The van der Waals surface area contributed by atoms with Crippen molar-refractivity contribution in [2.75, 3.05) is 14.2 Å². The first-order valence-corrected chi connectivity index (χ1v) is 3.70. The van der Waals surface area contributed by atoms with E-state index < -0.39 is 0 Å². The summed E-state index contributed by atoms with van der Waals surface area (Å²) in [5.74, 6) is 0. The zero-order valence-electron chi connectivity index (χ0n) is 6.23. The van der Waals surface area contributed by atoms with Crippen molar-refractivity contribution in [3.63, 3.8) is 0 Å². The van der Waals surface area contributed by atoms with Crippen LogP contribution in [0.1, 0.15) is 0 Å². The predicted octanol–water partition coefficient (Wildman–Crippen LogP) is -0.0827. The number of aromatic nitrogens is 2.